The van der Waals surface area contributed by atoms with Crippen molar-refractivity contribution in [3.8, 4) is 5.75 Å². The van der Waals surface area contributed by atoms with Crippen LogP contribution in [0.4, 0.5) is 0 Å². The first kappa shape index (κ1) is 16.0. The highest BCUT2D eigenvalue weighted by atomic mass is 16.5. The number of aryl methyl sites for hydroxylation is 2. The van der Waals surface area contributed by atoms with E-state index in [1.807, 2.05) is 0 Å². The third-order valence-electron chi connectivity index (χ3n) is 3.28. The molecule has 1 rings (SSSR count). The summed E-state index contributed by atoms with van der Waals surface area (Å²) in [5.74, 6) is 0.965. The van der Waals surface area contributed by atoms with Gasteiger partial charge in [-0.25, -0.2) is 0 Å². The molecule has 108 valence electrons. The van der Waals surface area contributed by atoms with Gasteiger partial charge in [0, 0.05) is 6.54 Å². The van der Waals surface area contributed by atoms with Crippen LogP contribution in [-0.4, -0.2) is 44.4 Å². The highest BCUT2D eigenvalue weighted by Crippen LogP contribution is 2.18. The molecule has 0 N–H and O–H groups in total. The lowest BCUT2D eigenvalue weighted by Gasteiger charge is -2.17. The van der Waals surface area contributed by atoms with Crippen molar-refractivity contribution in [3.63, 3.8) is 0 Å². The Labute approximate surface area is 117 Å². The number of hydrogen-bond acceptors (Lipinski definition) is 3. The van der Waals surface area contributed by atoms with Gasteiger partial charge in [-0.15, -0.1) is 0 Å². The molecule has 0 aliphatic heterocycles. The molecule has 1 aromatic rings. The third kappa shape index (κ3) is 6.08. The van der Waals surface area contributed by atoms with E-state index in [4.69, 9.17) is 9.47 Å². The van der Waals surface area contributed by atoms with Crippen molar-refractivity contribution in [2.75, 3.05) is 39.5 Å². The molecular weight excluding hydrogens is 238 g/mol. The van der Waals surface area contributed by atoms with Gasteiger partial charge in [-0.1, -0.05) is 26.0 Å². The Hall–Kier alpha value is -1.06. The van der Waals surface area contributed by atoms with Gasteiger partial charge in [-0.05, 0) is 44.1 Å². The van der Waals surface area contributed by atoms with Crippen molar-refractivity contribution >= 4 is 0 Å². The molecular formula is C16H27NO2. The van der Waals surface area contributed by atoms with Crippen LogP contribution in [0.1, 0.15) is 25.0 Å². The summed E-state index contributed by atoms with van der Waals surface area (Å²) < 4.78 is 11.3. The van der Waals surface area contributed by atoms with Crippen molar-refractivity contribution in [3.05, 3.63) is 29.3 Å². The highest BCUT2D eigenvalue weighted by molar-refractivity contribution is 5.35. The summed E-state index contributed by atoms with van der Waals surface area (Å²) in [5, 5.41) is 0. The van der Waals surface area contributed by atoms with Crippen molar-refractivity contribution in [2.45, 2.75) is 27.7 Å². The lowest BCUT2D eigenvalue weighted by atomic mass is 10.1. The molecule has 0 aliphatic carbocycles. The second-order valence-corrected chi connectivity index (χ2v) is 4.76. The zero-order valence-electron chi connectivity index (χ0n) is 12.7. The average Bonchev–Trinajstić information content (AvgIpc) is 2.42. The molecule has 3 heteroatoms. The van der Waals surface area contributed by atoms with E-state index in [0.29, 0.717) is 13.2 Å². The Morgan fingerprint density at radius 3 is 2.42 bits per heavy atom. The van der Waals surface area contributed by atoms with Crippen LogP contribution in [0.2, 0.25) is 0 Å². The lowest BCUT2D eigenvalue weighted by molar-refractivity contribution is 0.0817. The molecule has 3 nitrogen and oxygen atoms in total. The van der Waals surface area contributed by atoms with Crippen LogP contribution in [0.3, 0.4) is 0 Å². The third-order valence-corrected chi connectivity index (χ3v) is 3.28. The van der Waals surface area contributed by atoms with Gasteiger partial charge in [-0.3, -0.25) is 0 Å². The highest BCUT2D eigenvalue weighted by Gasteiger charge is 2.01. The maximum absolute atomic E-state index is 5.74. The molecule has 0 atom stereocenters. The number of hydrogen-bond donors (Lipinski definition) is 0. The molecule has 0 aromatic heterocycles. The predicted octanol–water partition coefficient (Wildman–Crippen LogP) is 3.04. The molecule has 0 saturated carbocycles. The molecule has 0 saturated heterocycles. The fraction of sp³-hybridized carbons (Fsp3) is 0.625. The summed E-state index contributed by atoms with van der Waals surface area (Å²) in [7, 11) is 0. The number of rotatable bonds is 9. The molecule has 0 radical (unpaired) electrons. The van der Waals surface area contributed by atoms with Gasteiger partial charge in [-0.2, -0.15) is 0 Å². The fourth-order valence-corrected chi connectivity index (χ4v) is 1.91. The van der Waals surface area contributed by atoms with Crippen LogP contribution >= 0.6 is 0 Å². The van der Waals surface area contributed by atoms with Crippen LogP contribution in [0, 0.1) is 13.8 Å². The average molecular weight is 265 g/mol. The second-order valence-electron chi connectivity index (χ2n) is 4.76. The SMILES string of the molecule is CCN(CC)CCOCCOc1cc(C)ccc1C. The predicted molar refractivity (Wildman–Crippen MR) is 80.0 cm³/mol. The van der Waals surface area contributed by atoms with Gasteiger partial charge in [0.1, 0.15) is 12.4 Å². The van der Waals surface area contributed by atoms with E-state index in [1.54, 1.807) is 0 Å². The minimum atomic E-state index is 0.614. The van der Waals surface area contributed by atoms with Crippen LogP contribution in [-0.2, 0) is 4.74 Å². The standard InChI is InChI=1S/C16H27NO2/c1-5-17(6-2)9-10-18-11-12-19-16-13-14(3)7-8-15(16)4/h7-8,13H,5-6,9-12H2,1-4H3. The Balaban J connectivity index is 2.15. The zero-order valence-corrected chi connectivity index (χ0v) is 12.7. The van der Waals surface area contributed by atoms with E-state index >= 15 is 0 Å². The Morgan fingerprint density at radius 1 is 1.00 bits per heavy atom. The molecule has 0 aliphatic rings. The van der Waals surface area contributed by atoms with Crippen molar-refractivity contribution in [1.29, 1.82) is 0 Å². The number of likely N-dealkylation sites (N-methyl/N-ethyl adjacent to an activating group) is 1. The van der Waals surface area contributed by atoms with E-state index in [2.05, 4.69) is 50.8 Å². The smallest absolute Gasteiger partial charge is 0.122 e. The summed E-state index contributed by atoms with van der Waals surface area (Å²) in [6, 6.07) is 6.26. The molecule has 1 aromatic carbocycles. The fourth-order valence-electron chi connectivity index (χ4n) is 1.91. The summed E-state index contributed by atoms with van der Waals surface area (Å²) in [6.45, 7) is 13.7. The molecule has 19 heavy (non-hydrogen) atoms. The first-order valence-corrected chi connectivity index (χ1v) is 7.17. The largest absolute Gasteiger partial charge is 0.491 e. The van der Waals surface area contributed by atoms with Crippen molar-refractivity contribution in [2.24, 2.45) is 0 Å². The first-order chi connectivity index (χ1) is 9.17. The first-order valence-electron chi connectivity index (χ1n) is 7.17. The van der Waals surface area contributed by atoms with Crippen molar-refractivity contribution < 1.29 is 9.47 Å². The van der Waals surface area contributed by atoms with Crippen LogP contribution in [0.25, 0.3) is 0 Å². The van der Waals surface area contributed by atoms with Gasteiger partial charge in [0.25, 0.3) is 0 Å². The summed E-state index contributed by atoms with van der Waals surface area (Å²) >= 11 is 0. The van der Waals surface area contributed by atoms with Gasteiger partial charge >= 0.3 is 0 Å². The zero-order chi connectivity index (χ0) is 14.1. The van der Waals surface area contributed by atoms with E-state index in [9.17, 15) is 0 Å². The summed E-state index contributed by atoms with van der Waals surface area (Å²) in [5.41, 5.74) is 2.40. The molecule has 0 fully saturated rings. The number of nitrogens with zero attached hydrogens (tertiary/aromatic N) is 1. The van der Waals surface area contributed by atoms with E-state index in [1.165, 1.54) is 11.1 Å². The maximum Gasteiger partial charge on any atom is 0.122 e. The molecule has 0 amide bonds. The van der Waals surface area contributed by atoms with E-state index in [-0.39, 0.29) is 0 Å². The Morgan fingerprint density at radius 2 is 1.74 bits per heavy atom. The Bertz CT molecular complexity index is 362. The number of benzene rings is 1. The van der Waals surface area contributed by atoms with Crippen molar-refractivity contribution in [1.82, 2.24) is 4.90 Å². The minimum Gasteiger partial charge on any atom is -0.491 e. The van der Waals surface area contributed by atoms with Gasteiger partial charge < -0.3 is 14.4 Å². The second kappa shape index (κ2) is 8.94. The summed E-state index contributed by atoms with van der Waals surface area (Å²) in [4.78, 5) is 2.35. The maximum atomic E-state index is 5.74. The molecule has 0 unspecified atom stereocenters. The van der Waals surface area contributed by atoms with Gasteiger partial charge in [0.15, 0.2) is 0 Å². The van der Waals surface area contributed by atoms with Gasteiger partial charge in [0.2, 0.25) is 0 Å². The lowest BCUT2D eigenvalue weighted by Crippen LogP contribution is -2.27. The monoisotopic (exact) mass is 265 g/mol. The molecule has 0 heterocycles. The van der Waals surface area contributed by atoms with Crippen LogP contribution in [0.5, 0.6) is 5.75 Å². The normalized spacial score (nSPS) is 11.0. The Kier molecular flexibility index (Phi) is 7.53. The summed E-state index contributed by atoms with van der Waals surface area (Å²) in [6.07, 6.45) is 0. The topological polar surface area (TPSA) is 21.7 Å². The molecule has 0 spiro atoms. The number of ether oxygens (including phenoxy) is 2. The molecule has 0 bridgehead atoms. The van der Waals surface area contributed by atoms with Crippen LogP contribution in [0.15, 0.2) is 18.2 Å². The quantitative estimate of drug-likeness (QED) is 0.641. The minimum absolute atomic E-state index is 0.614. The van der Waals surface area contributed by atoms with E-state index in [0.717, 1.165) is 32.0 Å². The van der Waals surface area contributed by atoms with E-state index < -0.39 is 0 Å². The van der Waals surface area contributed by atoms with Crippen LogP contribution < -0.4 is 4.74 Å². The van der Waals surface area contributed by atoms with Gasteiger partial charge in [0.05, 0.1) is 13.2 Å².